The average molecular weight is 666 g/mol. The fourth-order valence-corrected chi connectivity index (χ4v) is 6.59. The van der Waals surface area contributed by atoms with Gasteiger partial charge in [0.2, 0.25) is 0 Å². The number of rotatable bonds is 41. The van der Waals surface area contributed by atoms with Gasteiger partial charge >= 0.3 is 5.97 Å². The fraction of sp³-hybridized carbons (Fsp3) is 0.977. The molecule has 47 heavy (non-hydrogen) atoms. The lowest BCUT2D eigenvalue weighted by Crippen LogP contribution is -2.16. The van der Waals surface area contributed by atoms with Gasteiger partial charge in [-0.05, 0) is 58.0 Å². The van der Waals surface area contributed by atoms with Crippen LogP contribution in [0.2, 0.25) is 0 Å². The summed E-state index contributed by atoms with van der Waals surface area (Å²) in [5.74, 6) is 0.00115. The minimum Gasteiger partial charge on any atom is -0.466 e. The van der Waals surface area contributed by atoms with Crippen LogP contribution in [0.1, 0.15) is 239 Å². The van der Waals surface area contributed by atoms with E-state index in [1.807, 2.05) is 0 Å². The Kier molecular flexibility index (Phi) is 41.0. The van der Waals surface area contributed by atoms with Crippen molar-refractivity contribution in [2.45, 2.75) is 245 Å². The van der Waals surface area contributed by atoms with Crippen LogP contribution in [-0.2, 0) is 14.3 Å². The van der Waals surface area contributed by atoms with Gasteiger partial charge in [0, 0.05) is 13.0 Å². The van der Waals surface area contributed by atoms with Crippen LogP contribution in [0.4, 0.5) is 0 Å². The Balaban J connectivity index is 3.51. The number of unbranched alkanes of at least 4 members (excludes halogenated alkanes) is 26. The first-order valence-corrected chi connectivity index (χ1v) is 21.7. The molecule has 0 aromatic rings. The standard InChI is InChI=1S/C43H87NO3/c1-4-7-10-13-16-17-20-26-34-41-47-43(45)37-30-27-32-39-44-38-31-24-19-18-21-25-33-40-46-42(35-28-22-14-11-8-5-2)36-29-23-15-12-9-6-3/h42,44H,4-41H2,1-3H3. The molecule has 0 unspecified atom stereocenters. The Morgan fingerprint density at radius 1 is 0.426 bits per heavy atom. The molecule has 1 N–H and O–H groups in total. The van der Waals surface area contributed by atoms with Crippen molar-refractivity contribution >= 4 is 5.97 Å². The molecule has 0 amide bonds. The van der Waals surface area contributed by atoms with Gasteiger partial charge in [-0.15, -0.1) is 0 Å². The molecule has 0 aromatic heterocycles. The fourth-order valence-electron chi connectivity index (χ4n) is 6.59. The zero-order valence-electron chi connectivity index (χ0n) is 32.7. The first-order valence-electron chi connectivity index (χ1n) is 21.7. The van der Waals surface area contributed by atoms with Crippen LogP contribution in [0.25, 0.3) is 0 Å². The van der Waals surface area contributed by atoms with Crippen molar-refractivity contribution in [3.05, 3.63) is 0 Å². The van der Waals surface area contributed by atoms with Gasteiger partial charge in [-0.3, -0.25) is 4.79 Å². The van der Waals surface area contributed by atoms with Crippen molar-refractivity contribution in [1.29, 1.82) is 0 Å². The highest BCUT2D eigenvalue weighted by Crippen LogP contribution is 2.18. The van der Waals surface area contributed by atoms with Crippen LogP contribution in [0.5, 0.6) is 0 Å². The molecule has 282 valence electrons. The van der Waals surface area contributed by atoms with E-state index in [4.69, 9.17) is 9.47 Å². The quantitative estimate of drug-likeness (QED) is 0.0521. The third kappa shape index (κ3) is 39.7. The molecular weight excluding hydrogens is 578 g/mol. The smallest absolute Gasteiger partial charge is 0.305 e. The molecule has 0 bridgehead atoms. The van der Waals surface area contributed by atoms with E-state index in [-0.39, 0.29) is 5.97 Å². The van der Waals surface area contributed by atoms with E-state index in [0.29, 0.717) is 19.1 Å². The highest BCUT2D eigenvalue weighted by molar-refractivity contribution is 5.69. The Labute approximate surface area is 296 Å². The summed E-state index contributed by atoms with van der Waals surface area (Å²) >= 11 is 0. The lowest BCUT2D eigenvalue weighted by atomic mass is 10.0. The third-order valence-electron chi connectivity index (χ3n) is 9.86. The van der Waals surface area contributed by atoms with Crippen LogP contribution in [-0.4, -0.2) is 38.4 Å². The van der Waals surface area contributed by atoms with Gasteiger partial charge in [0.1, 0.15) is 0 Å². The Morgan fingerprint density at radius 3 is 1.26 bits per heavy atom. The van der Waals surface area contributed by atoms with E-state index in [1.165, 1.54) is 186 Å². The van der Waals surface area contributed by atoms with Crippen molar-refractivity contribution in [2.75, 3.05) is 26.3 Å². The summed E-state index contributed by atoms with van der Waals surface area (Å²) in [5, 5.41) is 3.60. The lowest BCUT2D eigenvalue weighted by molar-refractivity contribution is -0.143. The number of ether oxygens (including phenoxy) is 2. The SMILES string of the molecule is CCCCCCCCCCCOC(=O)CCCCCNCCCCCCCCCOC(CCCCCCCC)CCCCCCCC. The number of hydrogen-bond donors (Lipinski definition) is 1. The predicted octanol–water partition coefficient (Wildman–Crippen LogP) is 13.8. The molecule has 0 saturated carbocycles. The molecule has 0 aromatic carbocycles. The van der Waals surface area contributed by atoms with E-state index in [2.05, 4.69) is 26.1 Å². The largest absolute Gasteiger partial charge is 0.466 e. The van der Waals surface area contributed by atoms with Crippen LogP contribution in [0.3, 0.4) is 0 Å². The molecule has 0 heterocycles. The maximum atomic E-state index is 11.9. The monoisotopic (exact) mass is 666 g/mol. The second kappa shape index (κ2) is 41.6. The first kappa shape index (κ1) is 46.4. The van der Waals surface area contributed by atoms with Gasteiger partial charge < -0.3 is 14.8 Å². The van der Waals surface area contributed by atoms with Crippen LogP contribution in [0, 0.1) is 0 Å². The lowest BCUT2D eigenvalue weighted by Gasteiger charge is -2.18. The topological polar surface area (TPSA) is 47.6 Å². The van der Waals surface area contributed by atoms with E-state index in [9.17, 15) is 4.79 Å². The first-order chi connectivity index (χ1) is 23.2. The molecule has 0 saturated heterocycles. The predicted molar refractivity (Wildman–Crippen MR) is 208 cm³/mol. The molecule has 0 fully saturated rings. The Bertz CT molecular complexity index is 567. The van der Waals surface area contributed by atoms with Gasteiger partial charge in [0.05, 0.1) is 12.7 Å². The van der Waals surface area contributed by atoms with E-state index < -0.39 is 0 Å². The van der Waals surface area contributed by atoms with Crippen molar-refractivity contribution < 1.29 is 14.3 Å². The van der Waals surface area contributed by atoms with Crippen LogP contribution in [0.15, 0.2) is 0 Å². The van der Waals surface area contributed by atoms with Gasteiger partial charge in [0.15, 0.2) is 0 Å². The molecule has 4 heteroatoms. The zero-order valence-corrected chi connectivity index (χ0v) is 32.7. The van der Waals surface area contributed by atoms with Crippen molar-refractivity contribution in [3.63, 3.8) is 0 Å². The van der Waals surface area contributed by atoms with E-state index in [1.54, 1.807) is 0 Å². The third-order valence-corrected chi connectivity index (χ3v) is 9.86. The molecule has 0 atom stereocenters. The number of esters is 1. The van der Waals surface area contributed by atoms with Crippen molar-refractivity contribution in [1.82, 2.24) is 5.32 Å². The molecule has 4 nitrogen and oxygen atoms in total. The summed E-state index contributed by atoms with van der Waals surface area (Å²) < 4.78 is 11.8. The van der Waals surface area contributed by atoms with E-state index in [0.717, 1.165) is 45.4 Å². The molecule has 0 aliphatic rings. The van der Waals surface area contributed by atoms with Gasteiger partial charge in [0.25, 0.3) is 0 Å². The summed E-state index contributed by atoms with van der Waals surface area (Å²) in [4.78, 5) is 11.9. The maximum absolute atomic E-state index is 11.9. The second-order valence-electron chi connectivity index (χ2n) is 14.7. The maximum Gasteiger partial charge on any atom is 0.305 e. The molecule has 0 aliphatic carbocycles. The number of hydrogen-bond acceptors (Lipinski definition) is 4. The average Bonchev–Trinajstić information content (AvgIpc) is 3.08. The second-order valence-corrected chi connectivity index (χ2v) is 14.7. The number of carbonyl (C=O) groups excluding carboxylic acids is 1. The minimum absolute atomic E-state index is 0.00115. The van der Waals surface area contributed by atoms with Gasteiger partial charge in [-0.2, -0.15) is 0 Å². The van der Waals surface area contributed by atoms with Crippen molar-refractivity contribution in [3.8, 4) is 0 Å². The summed E-state index contributed by atoms with van der Waals surface area (Å²) in [5.41, 5.74) is 0. The van der Waals surface area contributed by atoms with Gasteiger partial charge in [-0.25, -0.2) is 0 Å². The van der Waals surface area contributed by atoms with Crippen molar-refractivity contribution in [2.24, 2.45) is 0 Å². The molecule has 0 spiro atoms. The number of nitrogens with one attached hydrogen (secondary N) is 1. The Morgan fingerprint density at radius 2 is 0.787 bits per heavy atom. The summed E-state index contributed by atoms with van der Waals surface area (Å²) in [6.45, 7) is 10.7. The molecule has 0 aliphatic heterocycles. The molecule has 0 radical (unpaired) electrons. The normalized spacial score (nSPS) is 11.6. The van der Waals surface area contributed by atoms with Crippen LogP contribution < -0.4 is 5.32 Å². The number of carbonyl (C=O) groups is 1. The Hall–Kier alpha value is -0.610. The highest BCUT2D eigenvalue weighted by Gasteiger charge is 2.09. The highest BCUT2D eigenvalue weighted by atomic mass is 16.5. The minimum atomic E-state index is 0.00115. The van der Waals surface area contributed by atoms with Crippen LogP contribution >= 0.6 is 0 Å². The summed E-state index contributed by atoms with van der Waals surface area (Å²) in [6.07, 6.45) is 44.5. The van der Waals surface area contributed by atoms with Gasteiger partial charge in [-0.1, -0.05) is 188 Å². The summed E-state index contributed by atoms with van der Waals surface area (Å²) in [6, 6.07) is 0. The molecule has 0 rings (SSSR count). The zero-order chi connectivity index (χ0) is 34.1. The summed E-state index contributed by atoms with van der Waals surface area (Å²) in [7, 11) is 0. The van der Waals surface area contributed by atoms with E-state index >= 15 is 0 Å². The molecular formula is C43H87NO3.